The summed E-state index contributed by atoms with van der Waals surface area (Å²) < 4.78 is 0. The van der Waals surface area contributed by atoms with E-state index in [9.17, 15) is 4.79 Å². The molecule has 0 heterocycles. The number of aliphatic hydroxyl groups is 1. The van der Waals surface area contributed by atoms with E-state index in [1.807, 2.05) is 13.0 Å². The highest BCUT2D eigenvalue weighted by atomic mass is 35.5. The molecule has 76 valence electrons. The molecule has 0 saturated heterocycles. The van der Waals surface area contributed by atoms with E-state index in [-0.39, 0.29) is 5.91 Å². The lowest BCUT2D eigenvalue weighted by atomic mass is 10.5. The predicted molar refractivity (Wildman–Crippen MR) is 48.8 cm³/mol. The first-order valence-electron chi connectivity index (χ1n) is 3.41. The van der Waals surface area contributed by atoms with Crippen molar-refractivity contribution in [1.29, 1.82) is 0 Å². The number of nitrogens with one attached hydrogen (secondary N) is 1. The highest BCUT2D eigenvalue weighted by Gasteiger charge is 1.91. The Labute approximate surface area is 81.0 Å². The van der Waals surface area contributed by atoms with Crippen LogP contribution in [0.3, 0.4) is 0 Å². The Kier molecular flexibility index (Phi) is 12.2. The molecule has 0 saturated carbocycles. The number of halogens is 1. The Morgan fingerprint density at radius 1 is 1.54 bits per heavy atom. The molecule has 3 N–H and O–H groups in total. The fraction of sp³-hybridized carbons (Fsp3) is 0.429. The summed E-state index contributed by atoms with van der Waals surface area (Å²) in [5.74, 6) is -0.340. The molecule has 1 amide bonds. The van der Waals surface area contributed by atoms with Gasteiger partial charge in [-0.1, -0.05) is 12.2 Å². The standard InChI is InChI=1S/C6H11NO2.CHClO2/c1-2-3-4-7-6(9)5-8;2-1(3)4/h2-3,8H,4-5H2,1H3,(H,7,9);(H,3,4)/b3-2+;. The van der Waals surface area contributed by atoms with Crippen LogP contribution >= 0.6 is 11.6 Å². The Morgan fingerprint density at radius 3 is 2.31 bits per heavy atom. The molecule has 0 aliphatic heterocycles. The van der Waals surface area contributed by atoms with Gasteiger partial charge in [-0.25, -0.2) is 4.79 Å². The molecule has 0 aliphatic rings. The maximum absolute atomic E-state index is 10.3. The Balaban J connectivity index is 0. The van der Waals surface area contributed by atoms with Crippen molar-refractivity contribution in [3.8, 4) is 0 Å². The first-order valence-corrected chi connectivity index (χ1v) is 3.79. The SMILES string of the molecule is C/C=C/CNC(=O)CO.O=C(O)Cl. The van der Waals surface area contributed by atoms with Crippen LogP contribution in [0.1, 0.15) is 6.92 Å². The van der Waals surface area contributed by atoms with E-state index in [0.717, 1.165) is 0 Å². The Bertz CT molecular complexity index is 177. The van der Waals surface area contributed by atoms with Gasteiger partial charge in [0.15, 0.2) is 0 Å². The van der Waals surface area contributed by atoms with Crippen molar-refractivity contribution in [1.82, 2.24) is 5.32 Å². The number of carboxylic acid groups (broad SMARTS) is 1. The van der Waals surface area contributed by atoms with Gasteiger partial charge < -0.3 is 15.5 Å². The van der Waals surface area contributed by atoms with Gasteiger partial charge in [-0.05, 0) is 6.92 Å². The van der Waals surface area contributed by atoms with E-state index in [0.29, 0.717) is 6.54 Å². The number of hydrogen-bond acceptors (Lipinski definition) is 3. The fourth-order valence-corrected chi connectivity index (χ4v) is 0.347. The molecule has 0 aromatic heterocycles. The van der Waals surface area contributed by atoms with Crippen LogP contribution in [0.5, 0.6) is 0 Å². The molecule has 0 aromatic carbocycles. The molecule has 0 atom stereocenters. The third-order valence-electron chi connectivity index (χ3n) is 0.796. The average Bonchev–Trinajstić information content (AvgIpc) is 2.03. The van der Waals surface area contributed by atoms with Crippen LogP contribution in [0.15, 0.2) is 12.2 Å². The zero-order valence-electron chi connectivity index (χ0n) is 7.16. The number of carbonyl (C=O) groups is 2. The number of carbonyl (C=O) groups excluding carboxylic acids is 1. The third kappa shape index (κ3) is 24.8. The van der Waals surface area contributed by atoms with E-state index < -0.39 is 12.0 Å². The summed E-state index contributed by atoms with van der Waals surface area (Å²) in [5, 5.41) is 17.8. The van der Waals surface area contributed by atoms with Gasteiger partial charge in [0.2, 0.25) is 5.91 Å². The van der Waals surface area contributed by atoms with Gasteiger partial charge in [0.25, 0.3) is 0 Å². The predicted octanol–water partition coefficient (Wildman–Crippen LogP) is 0.574. The van der Waals surface area contributed by atoms with Crippen molar-refractivity contribution in [3.05, 3.63) is 12.2 Å². The number of amides is 1. The number of allylic oxidation sites excluding steroid dienone is 1. The molecular formula is C7H12ClNO4. The molecule has 5 nitrogen and oxygen atoms in total. The average molecular weight is 210 g/mol. The van der Waals surface area contributed by atoms with E-state index in [1.165, 1.54) is 0 Å². The molecule has 0 rings (SSSR count). The lowest BCUT2D eigenvalue weighted by Crippen LogP contribution is -2.25. The van der Waals surface area contributed by atoms with Crippen molar-refractivity contribution in [2.45, 2.75) is 6.92 Å². The monoisotopic (exact) mass is 209 g/mol. The van der Waals surface area contributed by atoms with Gasteiger partial charge in [-0.15, -0.1) is 0 Å². The molecule has 0 spiro atoms. The van der Waals surface area contributed by atoms with Gasteiger partial charge >= 0.3 is 5.43 Å². The minimum atomic E-state index is -1.36. The lowest BCUT2D eigenvalue weighted by molar-refractivity contribution is -0.123. The quantitative estimate of drug-likeness (QED) is 0.469. The molecule has 0 aliphatic carbocycles. The zero-order valence-corrected chi connectivity index (χ0v) is 7.91. The second kappa shape index (κ2) is 10.9. The summed E-state index contributed by atoms with van der Waals surface area (Å²) in [4.78, 5) is 19.1. The van der Waals surface area contributed by atoms with Gasteiger partial charge in [-0.3, -0.25) is 4.79 Å². The highest BCUT2D eigenvalue weighted by molar-refractivity contribution is 6.60. The summed E-state index contributed by atoms with van der Waals surface area (Å²) in [5.41, 5.74) is -1.36. The van der Waals surface area contributed by atoms with Crippen LogP contribution in [0.25, 0.3) is 0 Å². The summed E-state index contributed by atoms with van der Waals surface area (Å²) in [6.07, 6.45) is 3.63. The van der Waals surface area contributed by atoms with Crippen molar-refractivity contribution < 1.29 is 19.8 Å². The fourth-order valence-electron chi connectivity index (χ4n) is 0.347. The second-order valence-corrected chi connectivity index (χ2v) is 2.11. The van der Waals surface area contributed by atoms with Crippen LogP contribution < -0.4 is 5.32 Å². The highest BCUT2D eigenvalue weighted by Crippen LogP contribution is 1.68. The molecule has 13 heavy (non-hydrogen) atoms. The lowest BCUT2D eigenvalue weighted by Gasteiger charge is -1.95. The maximum atomic E-state index is 10.3. The van der Waals surface area contributed by atoms with E-state index >= 15 is 0 Å². The summed E-state index contributed by atoms with van der Waals surface area (Å²) in [6.45, 7) is 1.93. The van der Waals surface area contributed by atoms with Crippen LogP contribution in [-0.4, -0.2) is 34.7 Å². The van der Waals surface area contributed by atoms with Crippen molar-refractivity contribution in [2.24, 2.45) is 0 Å². The van der Waals surface area contributed by atoms with Crippen molar-refractivity contribution >= 4 is 22.9 Å². The van der Waals surface area contributed by atoms with Gasteiger partial charge in [0.1, 0.15) is 6.61 Å². The molecule has 6 heteroatoms. The molecular weight excluding hydrogens is 198 g/mol. The Hall–Kier alpha value is -1.07. The second-order valence-electron chi connectivity index (χ2n) is 1.78. The van der Waals surface area contributed by atoms with E-state index in [2.05, 4.69) is 16.9 Å². The minimum absolute atomic E-state index is 0.340. The van der Waals surface area contributed by atoms with E-state index in [1.54, 1.807) is 6.08 Å². The smallest absolute Gasteiger partial charge is 0.401 e. The van der Waals surface area contributed by atoms with Gasteiger partial charge in [0.05, 0.1) is 0 Å². The topological polar surface area (TPSA) is 86.6 Å². The van der Waals surface area contributed by atoms with E-state index in [4.69, 9.17) is 15.0 Å². The first kappa shape index (κ1) is 14.5. The number of rotatable bonds is 3. The number of aliphatic hydroxyl groups excluding tert-OH is 1. The van der Waals surface area contributed by atoms with Crippen LogP contribution in [0.2, 0.25) is 0 Å². The van der Waals surface area contributed by atoms with Crippen LogP contribution in [0.4, 0.5) is 4.79 Å². The van der Waals surface area contributed by atoms with Crippen molar-refractivity contribution in [2.75, 3.05) is 13.2 Å². The third-order valence-corrected chi connectivity index (χ3v) is 0.796. The van der Waals surface area contributed by atoms with Gasteiger partial charge in [-0.2, -0.15) is 0 Å². The van der Waals surface area contributed by atoms with Crippen LogP contribution in [0, 0.1) is 0 Å². The minimum Gasteiger partial charge on any atom is -0.469 e. The molecule has 0 unspecified atom stereocenters. The normalized spacial score (nSPS) is 8.85. The maximum Gasteiger partial charge on any atom is 0.401 e. The molecule has 0 aromatic rings. The molecule has 0 fully saturated rings. The van der Waals surface area contributed by atoms with Crippen LogP contribution in [-0.2, 0) is 4.79 Å². The number of hydrogen-bond donors (Lipinski definition) is 3. The first-order chi connectivity index (χ1) is 6.04. The largest absolute Gasteiger partial charge is 0.469 e. The summed E-state index contributed by atoms with van der Waals surface area (Å²) in [7, 11) is 0. The summed E-state index contributed by atoms with van der Waals surface area (Å²) in [6, 6.07) is 0. The summed E-state index contributed by atoms with van der Waals surface area (Å²) >= 11 is 4.19. The zero-order chi connectivity index (χ0) is 10.7. The molecule has 0 radical (unpaired) electrons. The van der Waals surface area contributed by atoms with Crippen molar-refractivity contribution in [3.63, 3.8) is 0 Å². The van der Waals surface area contributed by atoms with Gasteiger partial charge in [0, 0.05) is 18.1 Å². The molecule has 0 bridgehead atoms. The Morgan fingerprint density at radius 2 is 2.00 bits per heavy atom.